The molecule has 1 atom stereocenters. The molecular formula is C17H28LiNO2. The first-order valence-electron chi connectivity index (χ1n) is 7.56. The Balaban J connectivity index is 0.00000220. The summed E-state index contributed by atoms with van der Waals surface area (Å²) in [5, 5.41) is 11.1. The third kappa shape index (κ3) is 4.76. The van der Waals surface area contributed by atoms with Gasteiger partial charge in [-0.05, 0) is 44.6 Å². The number of benzene rings is 1. The van der Waals surface area contributed by atoms with E-state index in [1.54, 1.807) is 7.11 Å². The maximum Gasteiger partial charge on any atom is 1.00 e. The maximum atomic E-state index is 11.1. The van der Waals surface area contributed by atoms with Gasteiger partial charge in [0.1, 0.15) is 5.75 Å². The molecule has 1 unspecified atom stereocenters. The summed E-state index contributed by atoms with van der Waals surface area (Å²) in [5.74, 6) is 1.04. The zero-order chi connectivity index (χ0) is 14.6. The number of methoxy groups -OCH3 is 1. The standard InChI is InChI=1S/C17H27NO2.Li.H/c1-18(2)13-16(17(19)11-5-4-6-12-17)14-7-9-15(20-3)10-8-14;;/h7-10,16,19H,4-6,11-13H2,1-3H3;;/q;+1;-1. The minimum Gasteiger partial charge on any atom is -1.00 e. The van der Waals surface area contributed by atoms with Crippen LogP contribution in [0.5, 0.6) is 5.75 Å². The Morgan fingerprint density at radius 2 is 1.76 bits per heavy atom. The minimum atomic E-state index is -0.558. The van der Waals surface area contributed by atoms with Crippen LogP contribution in [0.1, 0.15) is 45.0 Å². The summed E-state index contributed by atoms with van der Waals surface area (Å²) in [6, 6.07) is 8.17. The van der Waals surface area contributed by atoms with E-state index in [-0.39, 0.29) is 26.2 Å². The molecule has 21 heavy (non-hydrogen) atoms. The molecule has 0 saturated heterocycles. The Bertz CT molecular complexity index is 419. The Labute approximate surface area is 142 Å². The van der Waals surface area contributed by atoms with Gasteiger partial charge in [0.15, 0.2) is 0 Å². The molecule has 0 radical (unpaired) electrons. The van der Waals surface area contributed by atoms with E-state index in [0.717, 1.165) is 38.0 Å². The van der Waals surface area contributed by atoms with Gasteiger partial charge in [0.25, 0.3) is 0 Å². The molecule has 1 aliphatic carbocycles. The van der Waals surface area contributed by atoms with Crippen molar-refractivity contribution in [2.75, 3.05) is 27.7 Å². The molecule has 4 heteroatoms. The van der Waals surface area contributed by atoms with Gasteiger partial charge in [-0.25, -0.2) is 0 Å². The maximum absolute atomic E-state index is 11.1. The molecule has 1 fully saturated rings. The molecule has 0 amide bonds. The van der Waals surface area contributed by atoms with Gasteiger partial charge in [0.2, 0.25) is 0 Å². The molecule has 1 aromatic rings. The van der Waals surface area contributed by atoms with Crippen LogP contribution < -0.4 is 23.6 Å². The number of nitrogens with zero attached hydrogens (tertiary/aromatic N) is 1. The Kier molecular flexibility index (Phi) is 7.30. The van der Waals surface area contributed by atoms with Crippen LogP contribution in [0.2, 0.25) is 0 Å². The van der Waals surface area contributed by atoms with Crippen LogP contribution in [0.3, 0.4) is 0 Å². The molecule has 1 N–H and O–H groups in total. The third-order valence-electron chi connectivity index (χ3n) is 4.43. The zero-order valence-corrected chi connectivity index (χ0v) is 13.9. The van der Waals surface area contributed by atoms with Gasteiger partial charge in [0, 0.05) is 12.5 Å². The molecule has 1 saturated carbocycles. The smallest absolute Gasteiger partial charge is 1.00 e. The van der Waals surface area contributed by atoms with E-state index in [0.29, 0.717) is 0 Å². The van der Waals surface area contributed by atoms with Gasteiger partial charge in [-0.1, -0.05) is 31.4 Å². The van der Waals surface area contributed by atoms with Crippen LogP contribution in [-0.2, 0) is 0 Å². The van der Waals surface area contributed by atoms with Crippen molar-refractivity contribution >= 4 is 0 Å². The second-order valence-corrected chi connectivity index (χ2v) is 6.25. The number of ether oxygens (including phenoxy) is 1. The molecule has 1 aromatic carbocycles. The Hall–Kier alpha value is -0.463. The van der Waals surface area contributed by atoms with Crippen molar-refractivity contribution in [1.29, 1.82) is 0 Å². The molecule has 0 heterocycles. The fraction of sp³-hybridized carbons (Fsp3) is 0.647. The van der Waals surface area contributed by atoms with Crippen molar-refractivity contribution in [3.05, 3.63) is 29.8 Å². The fourth-order valence-corrected chi connectivity index (χ4v) is 3.30. The minimum absolute atomic E-state index is 0. The monoisotopic (exact) mass is 285 g/mol. The zero-order valence-electron chi connectivity index (χ0n) is 14.9. The van der Waals surface area contributed by atoms with E-state index >= 15 is 0 Å². The van der Waals surface area contributed by atoms with E-state index in [9.17, 15) is 5.11 Å². The molecule has 0 bridgehead atoms. The summed E-state index contributed by atoms with van der Waals surface area (Å²) < 4.78 is 5.23. The van der Waals surface area contributed by atoms with Crippen LogP contribution >= 0.6 is 0 Å². The van der Waals surface area contributed by atoms with Crippen LogP contribution in [0, 0.1) is 0 Å². The molecule has 0 aliphatic heterocycles. The summed E-state index contributed by atoms with van der Waals surface area (Å²) in [7, 11) is 5.83. The molecule has 114 valence electrons. The van der Waals surface area contributed by atoms with Gasteiger partial charge in [-0.3, -0.25) is 0 Å². The van der Waals surface area contributed by atoms with E-state index in [4.69, 9.17) is 4.74 Å². The number of likely N-dealkylation sites (N-methyl/N-ethyl adjacent to an activating group) is 1. The van der Waals surface area contributed by atoms with Gasteiger partial charge < -0.3 is 16.2 Å². The number of hydrogen-bond donors (Lipinski definition) is 1. The number of aliphatic hydroxyl groups is 1. The van der Waals surface area contributed by atoms with Gasteiger partial charge in [-0.15, -0.1) is 0 Å². The summed E-state index contributed by atoms with van der Waals surface area (Å²) in [4.78, 5) is 2.17. The average molecular weight is 285 g/mol. The van der Waals surface area contributed by atoms with Gasteiger partial charge in [0.05, 0.1) is 12.7 Å². The van der Waals surface area contributed by atoms with Crippen molar-refractivity contribution < 1.29 is 30.1 Å². The van der Waals surface area contributed by atoms with Gasteiger partial charge >= 0.3 is 18.9 Å². The molecular weight excluding hydrogens is 257 g/mol. The number of rotatable bonds is 5. The predicted molar refractivity (Wildman–Crippen MR) is 83.4 cm³/mol. The van der Waals surface area contributed by atoms with Crippen molar-refractivity contribution in [3.63, 3.8) is 0 Å². The Morgan fingerprint density at radius 3 is 2.24 bits per heavy atom. The van der Waals surface area contributed by atoms with Crippen molar-refractivity contribution in [1.82, 2.24) is 4.90 Å². The normalized spacial score (nSPS) is 18.9. The fourth-order valence-electron chi connectivity index (χ4n) is 3.30. The topological polar surface area (TPSA) is 32.7 Å². The van der Waals surface area contributed by atoms with Crippen molar-refractivity contribution in [2.45, 2.75) is 43.6 Å². The first-order chi connectivity index (χ1) is 9.55. The van der Waals surface area contributed by atoms with Crippen LogP contribution in [-0.4, -0.2) is 43.4 Å². The quantitative estimate of drug-likeness (QED) is 0.782. The SMILES string of the molecule is COc1ccc(C(CN(C)C)C2(O)CCCCC2)cc1.[H-].[Li+]. The van der Waals surface area contributed by atoms with E-state index in [1.807, 2.05) is 12.1 Å². The summed E-state index contributed by atoms with van der Waals surface area (Å²) in [5.41, 5.74) is 0.654. The van der Waals surface area contributed by atoms with E-state index in [2.05, 4.69) is 31.1 Å². The Morgan fingerprint density at radius 1 is 1.19 bits per heavy atom. The second-order valence-electron chi connectivity index (χ2n) is 6.25. The predicted octanol–water partition coefficient (Wildman–Crippen LogP) is 0.152. The first kappa shape index (κ1) is 18.6. The first-order valence-corrected chi connectivity index (χ1v) is 7.56. The van der Waals surface area contributed by atoms with Gasteiger partial charge in [-0.2, -0.15) is 0 Å². The summed E-state index contributed by atoms with van der Waals surface area (Å²) in [6.07, 6.45) is 5.35. The molecule has 0 spiro atoms. The number of hydrogen-bond acceptors (Lipinski definition) is 3. The van der Waals surface area contributed by atoms with Crippen molar-refractivity contribution in [2.24, 2.45) is 0 Å². The molecule has 2 rings (SSSR count). The third-order valence-corrected chi connectivity index (χ3v) is 4.43. The average Bonchev–Trinajstić information content (AvgIpc) is 2.45. The van der Waals surface area contributed by atoms with Crippen LogP contribution in [0.15, 0.2) is 24.3 Å². The summed E-state index contributed by atoms with van der Waals surface area (Å²) in [6.45, 7) is 0.878. The second kappa shape index (κ2) is 8.24. The van der Waals surface area contributed by atoms with Crippen LogP contribution in [0.4, 0.5) is 0 Å². The largest absolute Gasteiger partial charge is 1.00 e. The van der Waals surface area contributed by atoms with E-state index in [1.165, 1.54) is 12.0 Å². The molecule has 0 aromatic heterocycles. The molecule has 3 nitrogen and oxygen atoms in total. The van der Waals surface area contributed by atoms with Crippen LogP contribution in [0.25, 0.3) is 0 Å². The molecule has 1 aliphatic rings. The van der Waals surface area contributed by atoms with Crippen molar-refractivity contribution in [3.8, 4) is 5.75 Å². The van der Waals surface area contributed by atoms with E-state index < -0.39 is 5.60 Å². The summed E-state index contributed by atoms with van der Waals surface area (Å²) >= 11 is 0.